The molecule has 112 valence electrons. The summed E-state index contributed by atoms with van der Waals surface area (Å²) in [4.78, 5) is 0. The molecule has 0 saturated carbocycles. The van der Waals surface area contributed by atoms with Crippen molar-refractivity contribution in [1.29, 1.82) is 0 Å². The van der Waals surface area contributed by atoms with Crippen molar-refractivity contribution < 1.29 is 4.42 Å². The van der Waals surface area contributed by atoms with E-state index in [1.807, 2.05) is 55.5 Å². The highest BCUT2D eigenvalue weighted by Crippen LogP contribution is 2.38. The second kappa shape index (κ2) is 6.55. The molecule has 5 heteroatoms. The average Bonchev–Trinajstić information content (AvgIpc) is 2.96. The van der Waals surface area contributed by atoms with Crippen molar-refractivity contribution >= 4 is 23.4 Å². The van der Waals surface area contributed by atoms with Gasteiger partial charge in [-0.05, 0) is 37.1 Å². The van der Waals surface area contributed by atoms with E-state index in [0.717, 1.165) is 21.7 Å². The largest absolute Gasteiger partial charge is 0.411 e. The summed E-state index contributed by atoms with van der Waals surface area (Å²) in [6.45, 7) is 4.10. The quantitative estimate of drug-likeness (QED) is 0.588. The molecule has 2 aromatic carbocycles. The maximum Gasteiger partial charge on any atom is 0.277 e. The molecular formula is C17H15ClN2OS. The number of rotatable bonds is 4. The van der Waals surface area contributed by atoms with Gasteiger partial charge in [-0.15, -0.1) is 10.2 Å². The molecule has 0 spiro atoms. The molecule has 1 atom stereocenters. The third-order valence-corrected chi connectivity index (χ3v) is 4.72. The molecular weight excluding hydrogens is 316 g/mol. The first-order chi connectivity index (χ1) is 10.6. The van der Waals surface area contributed by atoms with E-state index in [9.17, 15) is 0 Å². The number of aromatic nitrogens is 2. The predicted molar refractivity (Wildman–Crippen MR) is 90.2 cm³/mol. The van der Waals surface area contributed by atoms with Crippen LogP contribution in [0.1, 0.15) is 23.3 Å². The number of halogens is 1. The minimum Gasteiger partial charge on any atom is -0.411 e. The summed E-state index contributed by atoms with van der Waals surface area (Å²) in [5.41, 5.74) is 3.14. The van der Waals surface area contributed by atoms with Gasteiger partial charge in [0.15, 0.2) is 0 Å². The van der Waals surface area contributed by atoms with Gasteiger partial charge in [0.1, 0.15) is 0 Å². The zero-order valence-corrected chi connectivity index (χ0v) is 13.9. The minimum absolute atomic E-state index is 0.138. The van der Waals surface area contributed by atoms with Crippen molar-refractivity contribution in [2.75, 3.05) is 0 Å². The van der Waals surface area contributed by atoms with Gasteiger partial charge >= 0.3 is 0 Å². The van der Waals surface area contributed by atoms with Crippen LogP contribution in [-0.2, 0) is 0 Å². The molecule has 1 aromatic heterocycles. The Labute approximate surface area is 138 Å². The summed E-state index contributed by atoms with van der Waals surface area (Å²) in [6, 6.07) is 15.8. The van der Waals surface area contributed by atoms with Gasteiger partial charge in [0, 0.05) is 15.8 Å². The fourth-order valence-electron chi connectivity index (χ4n) is 2.20. The Morgan fingerprint density at radius 3 is 2.55 bits per heavy atom. The van der Waals surface area contributed by atoms with Crippen molar-refractivity contribution in [2.24, 2.45) is 0 Å². The molecule has 1 heterocycles. The number of thioether (sulfide) groups is 1. The molecule has 3 rings (SSSR count). The number of aryl methyl sites for hydroxylation is 1. The van der Waals surface area contributed by atoms with Crippen molar-refractivity contribution in [1.82, 2.24) is 10.2 Å². The fourth-order valence-corrected chi connectivity index (χ4v) is 3.41. The molecule has 22 heavy (non-hydrogen) atoms. The van der Waals surface area contributed by atoms with Crippen molar-refractivity contribution in [3.63, 3.8) is 0 Å². The van der Waals surface area contributed by atoms with Crippen LogP contribution in [0, 0.1) is 6.92 Å². The second-order valence-electron chi connectivity index (χ2n) is 4.97. The Morgan fingerprint density at radius 1 is 1.05 bits per heavy atom. The molecule has 0 aliphatic heterocycles. The molecule has 0 saturated heterocycles. The number of nitrogens with zero attached hydrogens (tertiary/aromatic N) is 2. The molecule has 0 bridgehead atoms. The maximum absolute atomic E-state index is 6.23. The molecule has 0 aliphatic carbocycles. The first-order valence-electron chi connectivity index (χ1n) is 6.95. The highest BCUT2D eigenvalue weighted by molar-refractivity contribution is 7.99. The standard InChI is InChI=1S/C17H15ClN2OS/c1-11-7-3-4-8-13(11)16-19-20-17(21-16)22-12(2)14-9-5-6-10-15(14)18/h3-10,12H,1-2H3. The van der Waals surface area contributed by atoms with Crippen LogP contribution >= 0.6 is 23.4 Å². The molecule has 3 aromatic rings. The van der Waals surface area contributed by atoms with Crippen LogP contribution in [0.2, 0.25) is 5.02 Å². The lowest BCUT2D eigenvalue weighted by Crippen LogP contribution is -1.89. The SMILES string of the molecule is Cc1ccccc1-c1nnc(SC(C)c2ccccc2Cl)o1. The molecule has 0 N–H and O–H groups in total. The smallest absolute Gasteiger partial charge is 0.277 e. The summed E-state index contributed by atoms with van der Waals surface area (Å²) < 4.78 is 5.78. The van der Waals surface area contributed by atoms with Gasteiger partial charge in [-0.1, -0.05) is 59.8 Å². The minimum atomic E-state index is 0.138. The van der Waals surface area contributed by atoms with E-state index < -0.39 is 0 Å². The summed E-state index contributed by atoms with van der Waals surface area (Å²) in [6.07, 6.45) is 0. The molecule has 0 amide bonds. The lowest BCUT2D eigenvalue weighted by Gasteiger charge is -2.10. The van der Waals surface area contributed by atoms with E-state index in [2.05, 4.69) is 17.1 Å². The molecule has 0 aliphatic rings. The van der Waals surface area contributed by atoms with Crippen LogP contribution in [0.25, 0.3) is 11.5 Å². The summed E-state index contributed by atoms with van der Waals surface area (Å²) in [5.74, 6) is 0.548. The van der Waals surface area contributed by atoms with Crippen molar-refractivity contribution in [3.05, 3.63) is 64.7 Å². The first kappa shape index (κ1) is 15.1. The number of hydrogen-bond acceptors (Lipinski definition) is 4. The van der Waals surface area contributed by atoms with Gasteiger partial charge in [0.05, 0.1) is 0 Å². The summed E-state index contributed by atoms with van der Waals surface area (Å²) >= 11 is 7.73. The Hall–Kier alpha value is -1.78. The predicted octanol–water partition coefficient (Wildman–Crippen LogP) is 5.55. The van der Waals surface area contributed by atoms with Crippen LogP contribution in [0.15, 0.2) is 58.2 Å². The van der Waals surface area contributed by atoms with Gasteiger partial charge in [-0.2, -0.15) is 0 Å². The van der Waals surface area contributed by atoms with Gasteiger partial charge in [-0.3, -0.25) is 0 Å². The van der Waals surface area contributed by atoms with Gasteiger partial charge in [-0.25, -0.2) is 0 Å². The van der Waals surface area contributed by atoms with Gasteiger partial charge < -0.3 is 4.42 Å². The first-order valence-corrected chi connectivity index (χ1v) is 8.21. The van der Waals surface area contributed by atoms with Crippen LogP contribution < -0.4 is 0 Å². The van der Waals surface area contributed by atoms with Crippen molar-refractivity contribution in [3.8, 4) is 11.5 Å². The van der Waals surface area contributed by atoms with Gasteiger partial charge in [0.25, 0.3) is 5.22 Å². The van der Waals surface area contributed by atoms with E-state index >= 15 is 0 Å². The Balaban J connectivity index is 1.80. The average molecular weight is 331 g/mol. The van der Waals surface area contributed by atoms with Gasteiger partial charge in [0.2, 0.25) is 5.89 Å². The van der Waals surface area contributed by atoms with Crippen molar-refractivity contribution in [2.45, 2.75) is 24.3 Å². The van der Waals surface area contributed by atoms with E-state index in [1.54, 1.807) is 0 Å². The molecule has 1 unspecified atom stereocenters. The van der Waals surface area contributed by atoms with E-state index in [1.165, 1.54) is 11.8 Å². The van der Waals surface area contributed by atoms with E-state index in [4.69, 9.17) is 16.0 Å². The van der Waals surface area contributed by atoms with Crippen LogP contribution in [-0.4, -0.2) is 10.2 Å². The maximum atomic E-state index is 6.23. The third-order valence-electron chi connectivity index (χ3n) is 3.40. The van der Waals surface area contributed by atoms with E-state index in [-0.39, 0.29) is 5.25 Å². The molecule has 3 nitrogen and oxygen atoms in total. The monoisotopic (exact) mass is 330 g/mol. The highest BCUT2D eigenvalue weighted by atomic mass is 35.5. The Kier molecular flexibility index (Phi) is 4.50. The van der Waals surface area contributed by atoms with Crippen LogP contribution in [0.5, 0.6) is 0 Å². The van der Waals surface area contributed by atoms with Crippen LogP contribution in [0.4, 0.5) is 0 Å². The summed E-state index contributed by atoms with van der Waals surface area (Å²) in [7, 11) is 0. The Bertz CT molecular complexity index is 788. The second-order valence-corrected chi connectivity index (χ2v) is 6.67. The third kappa shape index (κ3) is 3.18. The lowest BCUT2D eigenvalue weighted by atomic mass is 10.1. The normalized spacial score (nSPS) is 12.3. The summed E-state index contributed by atoms with van der Waals surface area (Å²) in [5, 5.41) is 9.71. The number of hydrogen-bond donors (Lipinski definition) is 0. The highest BCUT2D eigenvalue weighted by Gasteiger charge is 2.16. The fraction of sp³-hybridized carbons (Fsp3) is 0.176. The molecule has 0 fully saturated rings. The molecule has 0 radical (unpaired) electrons. The number of benzene rings is 2. The van der Waals surface area contributed by atoms with E-state index in [0.29, 0.717) is 11.1 Å². The topological polar surface area (TPSA) is 38.9 Å². The Morgan fingerprint density at radius 2 is 1.77 bits per heavy atom. The zero-order valence-electron chi connectivity index (χ0n) is 12.3. The zero-order chi connectivity index (χ0) is 15.5. The van der Waals surface area contributed by atoms with Crippen LogP contribution in [0.3, 0.4) is 0 Å². The lowest BCUT2D eigenvalue weighted by molar-refractivity contribution is 0.465.